The topological polar surface area (TPSA) is 105 Å². The molecule has 1 fully saturated rings. The predicted octanol–water partition coefficient (Wildman–Crippen LogP) is 6.02. The van der Waals surface area contributed by atoms with Gasteiger partial charge in [-0.2, -0.15) is 15.3 Å². The van der Waals surface area contributed by atoms with Crippen molar-refractivity contribution < 1.29 is 9.84 Å². The molecule has 4 aromatic rings. The lowest BCUT2D eigenvalue weighted by Gasteiger charge is -2.36. The van der Waals surface area contributed by atoms with E-state index in [0.717, 1.165) is 72.9 Å². The van der Waals surface area contributed by atoms with E-state index < -0.39 is 5.60 Å². The van der Waals surface area contributed by atoms with Crippen molar-refractivity contribution in [3.8, 4) is 17.2 Å². The molecule has 5 rings (SSSR count). The van der Waals surface area contributed by atoms with Gasteiger partial charge in [0.15, 0.2) is 0 Å². The predicted molar refractivity (Wildman–Crippen MR) is 163 cm³/mol. The number of aromatic nitrogens is 4. The number of aryl methyl sites for hydroxylation is 1. The Morgan fingerprint density at radius 3 is 2.45 bits per heavy atom. The lowest BCUT2D eigenvalue weighted by molar-refractivity contribution is -0.128. The van der Waals surface area contributed by atoms with E-state index in [1.807, 2.05) is 64.5 Å². The van der Waals surface area contributed by atoms with Crippen LogP contribution in [0.15, 0.2) is 59.7 Å². The highest BCUT2D eigenvalue weighted by Crippen LogP contribution is 2.33. The second kappa shape index (κ2) is 12.6. The van der Waals surface area contributed by atoms with Crippen molar-refractivity contribution in [1.82, 2.24) is 19.2 Å². The van der Waals surface area contributed by atoms with Crippen LogP contribution < -0.4 is 5.56 Å². The molecule has 0 radical (unpaired) electrons. The Labute approximate surface area is 247 Å². The number of rotatable bonds is 10. The highest BCUT2D eigenvalue weighted by Gasteiger charge is 2.32. The van der Waals surface area contributed by atoms with E-state index in [2.05, 4.69) is 23.1 Å². The van der Waals surface area contributed by atoms with E-state index in [4.69, 9.17) is 4.74 Å². The number of nitriles is 1. The normalized spacial score (nSPS) is 18.2. The van der Waals surface area contributed by atoms with Crippen LogP contribution in [0.4, 0.5) is 0 Å². The van der Waals surface area contributed by atoms with Gasteiger partial charge < -0.3 is 9.84 Å². The average Bonchev–Trinajstić information content (AvgIpc) is 3.47. The molecule has 0 spiro atoms. The smallest absolute Gasteiger partial charge is 0.259 e. The molecule has 1 atom stereocenters. The summed E-state index contributed by atoms with van der Waals surface area (Å²) in [7, 11) is 0. The van der Waals surface area contributed by atoms with Crippen LogP contribution >= 0.6 is 0 Å². The zero-order valence-corrected chi connectivity index (χ0v) is 25.1. The summed E-state index contributed by atoms with van der Waals surface area (Å²) in [6.45, 7) is 7.74. The highest BCUT2D eigenvalue weighted by atomic mass is 16.5. The molecule has 0 saturated heterocycles. The molecule has 1 aliphatic carbocycles. The molecule has 0 amide bonds. The summed E-state index contributed by atoms with van der Waals surface area (Å²) in [4.78, 5) is 18.8. The van der Waals surface area contributed by atoms with Gasteiger partial charge in [-0.25, -0.2) is 4.52 Å². The van der Waals surface area contributed by atoms with Gasteiger partial charge in [-0.1, -0.05) is 62.7 Å². The molecule has 0 aliphatic heterocycles. The second-order valence-corrected chi connectivity index (χ2v) is 12.0. The van der Waals surface area contributed by atoms with Gasteiger partial charge in [0.05, 0.1) is 35.1 Å². The van der Waals surface area contributed by atoms with Crippen LogP contribution in [-0.4, -0.2) is 42.1 Å². The molecule has 2 heterocycles. The van der Waals surface area contributed by atoms with E-state index in [9.17, 15) is 15.2 Å². The van der Waals surface area contributed by atoms with E-state index in [1.165, 1.54) is 0 Å². The first-order chi connectivity index (χ1) is 20.2. The fraction of sp³-hybridized carbons (Fsp3) is 0.471. The van der Waals surface area contributed by atoms with Crippen LogP contribution in [0.25, 0.3) is 16.9 Å². The van der Waals surface area contributed by atoms with Crippen LogP contribution in [0.2, 0.25) is 0 Å². The van der Waals surface area contributed by atoms with Crippen molar-refractivity contribution in [2.45, 2.75) is 103 Å². The summed E-state index contributed by atoms with van der Waals surface area (Å²) in [6, 6.07) is 18.0. The molecule has 8 heteroatoms. The number of ether oxygens (including phenoxy) is 1. The number of benzene rings is 2. The zero-order chi connectivity index (χ0) is 29.9. The quantitative estimate of drug-likeness (QED) is 0.251. The fourth-order valence-corrected chi connectivity index (χ4v) is 6.35. The minimum Gasteiger partial charge on any atom is -0.388 e. The van der Waals surface area contributed by atoms with Crippen LogP contribution in [-0.2, 0) is 17.6 Å². The molecule has 1 saturated carbocycles. The van der Waals surface area contributed by atoms with Crippen LogP contribution in [0.3, 0.4) is 0 Å². The Bertz CT molecular complexity index is 1620. The van der Waals surface area contributed by atoms with Crippen molar-refractivity contribution in [2.75, 3.05) is 0 Å². The minimum atomic E-state index is -0.891. The maximum Gasteiger partial charge on any atom is 0.259 e. The van der Waals surface area contributed by atoms with Gasteiger partial charge >= 0.3 is 0 Å². The van der Waals surface area contributed by atoms with E-state index in [-0.39, 0.29) is 23.8 Å². The van der Waals surface area contributed by atoms with Gasteiger partial charge in [-0.05, 0) is 75.1 Å². The van der Waals surface area contributed by atoms with Gasteiger partial charge in [0, 0.05) is 18.0 Å². The highest BCUT2D eigenvalue weighted by molar-refractivity contribution is 5.70. The molecular formula is C34H41N5O3. The largest absolute Gasteiger partial charge is 0.388 e. The molecule has 1 unspecified atom stereocenters. The molecule has 8 nitrogen and oxygen atoms in total. The first-order valence-corrected chi connectivity index (χ1v) is 15.2. The number of nitrogens with zero attached hydrogens (tertiary/aromatic N) is 5. The van der Waals surface area contributed by atoms with E-state index in [0.29, 0.717) is 17.8 Å². The fourth-order valence-electron chi connectivity index (χ4n) is 6.35. The third kappa shape index (κ3) is 6.04. The van der Waals surface area contributed by atoms with Gasteiger partial charge in [-0.3, -0.25) is 9.36 Å². The Morgan fingerprint density at radius 1 is 1.10 bits per heavy atom. The van der Waals surface area contributed by atoms with Crippen molar-refractivity contribution in [2.24, 2.45) is 0 Å². The minimum absolute atomic E-state index is 0.00477. The lowest BCUT2D eigenvalue weighted by atomic mass is 9.91. The standard InChI is InChI=1S/C34H41N5O3/c1-5-9-30-29(20-23-12-14-24(15-13-23)28-11-8-7-10-25(28)21-35)32(40)38(33-36-22-37-39(30)33)26-16-18-27(19-17-26)42-31(6-2)34(3,4)41/h7-8,10-15,22,26-27,31,41H,5-6,9,16-20H2,1-4H3/t26-,27-,31?. The molecule has 2 aromatic carbocycles. The van der Waals surface area contributed by atoms with Crippen molar-refractivity contribution >= 4 is 5.78 Å². The monoisotopic (exact) mass is 567 g/mol. The summed E-state index contributed by atoms with van der Waals surface area (Å²) in [5, 5.41) is 24.6. The van der Waals surface area contributed by atoms with Crippen LogP contribution in [0.5, 0.6) is 0 Å². The Morgan fingerprint density at radius 2 is 1.81 bits per heavy atom. The van der Waals surface area contributed by atoms with Crippen molar-refractivity contribution in [3.05, 3.63) is 87.6 Å². The zero-order valence-electron chi connectivity index (χ0n) is 25.1. The lowest BCUT2D eigenvalue weighted by Crippen LogP contribution is -2.41. The van der Waals surface area contributed by atoms with Crippen molar-refractivity contribution in [3.63, 3.8) is 0 Å². The van der Waals surface area contributed by atoms with Gasteiger partial charge in [0.25, 0.3) is 5.56 Å². The Kier molecular flexibility index (Phi) is 8.91. The summed E-state index contributed by atoms with van der Waals surface area (Å²) in [5.74, 6) is 0.600. The summed E-state index contributed by atoms with van der Waals surface area (Å²) < 4.78 is 10.0. The Balaban J connectivity index is 1.44. The van der Waals surface area contributed by atoms with E-state index in [1.54, 1.807) is 20.2 Å². The second-order valence-electron chi connectivity index (χ2n) is 12.0. The van der Waals surface area contributed by atoms with Crippen molar-refractivity contribution in [1.29, 1.82) is 5.26 Å². The van der Waals surface area contributed by atoms with Gasteiger partial charge in [-0.15, -0.1) is 0 Å². The maximum absolute atomic E-state index is 14.3. The number of aliphatic hydroxyl groups is 1. The molecule has 0 bridgehead atoms. The summed E-state index contributed by atoms with van der Waals surface area (Å²) >= 11 is 0. The molecule has 220 valence electrons. The van der Waals surface area contributed by atoms with Crippen LogP contribution in [0.1, 0.15) is 94.6 Å². The molecular weight excluding hydrogens is 526 g/mol. The average molecular weight is 568 g/mol. The van der Waals surface area contributed by atoms with Gasteiger partial charge in [0.2, 0.25) is 5.78 Å². The van der Waals surface area contributed by atoms with Crippen LogP contribution in [0, 0.1) is 11.3 Å². The summed E-state index contributed by atoms with van der Waals surface area (Å²) in [5.41, 5.74) is 4.33. The first-order valence-electron chi connectivity index (χ1n) is 15.2. The number of hydrogen-bond donors (Lipinski definition) is 1. The summed E-state index contributed by atoms with van der Waals surface area (Å²) in [6.07, 6.45) is 7.48. The first kappa shape index (κ1) is 29.7. The molecule has 42 heavy (non-hydrogen) atoms. The van der Waals surface area contributed by atoms with E-state index >= 15 is 0 Å². The van der Waals surface area contributed by atoms with Gasteiger partial charge in [0.1, 0.15) is 6.33 Å². The third-order valence-electron chi connectivity index (χ3n) is 8.53. The maximum atomic E-state index is 14.3. The Hall–Kier alpha value is -3.80. The molecule has 2 aromatic heterocycles. The SMILES string of the molecule is CCCc1c(Cc2ccc(-c3ccccc3C#N)cc2)c(=O)n([C@H]2CC[C@H](OC(CC)C(C)(C)O)CC2)c2ncnn12. The number of fused-ring (bicyclic) bond motifs is 1. The third-order valence-corrected chi connectivity index (χ3v) is 8.53. The molecule has 1 N–H and O–H groups in total. The molecule has 1 aliphatic rings. The number of hydrogen-bond acceptors (Lipinski definition) is 6.